The van der Waals surface area contributed by atoms with Crippen molar-refractivity contribution in [1.82, 2.24) is 9.97 Å². The summed E-state index contributed by atoms with van der Waals surface area (Å²) in [5.74, 6) is 3.46. The molecule has 0 radical (unpaired) electrons. The fourth-order valence-corrected chi connectivity index (χ4v) is 4.22. The molecule has 0 amide bonds. The minimum absolute atomic E-state index is 0.596. The topological polar surface area (TPSA) is 28.7 Å². The lowest BCUT2D eigenvalue weighted by atomic mass is 9.88. The van der Waals surface area contributed by atoms with Crippen LogP contribution in [0.1, 0.15) is 37.4 Å². The van der Waals surface area contributed by atoms with Gasteiger partial charge >= 0.3 is 0 Å². The van der Waals surface area contributed by atoms with Gasteiger partial charge in [0.1, 0.15) is 10.5 Å². The van der Waals surface area contributed by atoms with Gasteiger partial charge in [-0.05, 0) is 42.7 Å². The van der Waals surface area contributed by atoms with Gasteiger partial charge in [0.05, 0.1) is 0 Å². The predicted molar refractivity (Wildman–Crippen MR) is 83.0 cm³/mol. The quantitative estimate of drug-likeness (QED) is 0.808. The summed E-state index contributed by atoms with van der Waals surface area (Å²) in [6, 6.07) is 12.4. The average molecular weight is 282 g/mol. The molecule has 20 heavy (non-hydrogen) atoms. The van der Waals surface area contributed by atoms with Crippen LogP contribution in [-0.4, -0.2) is 9.97 Å². The van der Waals surface area contributed by atoms with E-state index in [1.54, 1.807) is 0 Å². The molecule has 2 bridgehead atoms. The van der Waals surface area contributed by atoms with E-state index in [2.05, 4.69) is 34.2 Å². The molecule has 3 heteroatoms. The zero-order chi connectivity index (χ0) is 13.5. The summed E-state index contributed by atoms with van der Waals surface area (Å²) in [6.07, 6.45) is 5.47. The van der Waals surface area contributed by atoms with Crippen LogP contribution in [0.25, 0.3) is 11.3 Å². The predicted octanol–water partition coefficient (Wildman–Crippen LogP) is 4.71. The van der Waals surface area contributed by atoms with Gasteiger partial charge in [0, 0.05) is 11.6 Å². The summed E-state index contributed by atoms with van der Waals surface area (Å²) in [4.78, 5) is 8.17. The van der Waals surface area contributed by atoms with Crippen molar-refractivity contribution < 1.29 is 0 Å². The molecule has 1 aromatic carbocycles. The number of benzene rings is 1. The van der Waals surface area contributed by atoms with Crippen molar-refractivity contribution in [3.8, 4) is 11.3 Å². The Morgan fingerprint density at radius 3 is 2.65 bits per heavy atom. The Bertz CT molecular complexity index is 677. The second-order valence-corrected chi connectivity index (χ2v) is 6.58. The van der Waals surface area contributed by atoms with Crippen LogP contribution in [0, 0.1) is 16.5 Å². The van der Waals surface area contributed by atoms with Gasteiger partial charge in [0.25, 0.3) is 0 Å². The Balaban J connectivity index is 1.75. The van der Waals surface area contributed by atoms with Crippen LogP contribution in [0.3, 0.4) is 0 Å². The molecule has 2 aliphatic rings. The van der Waals surface area contributed by atoms with E-state index < -0.39 is 0 Å². The van der Waals surface area contributed by atoms with E-state index in [9.17, 15) is 0 Å². The van der Waals surface area contributed by atoms with E-state index >= 15 is 0 Å². The SMILES string of the molecule is S=c1cc(-c2ccccc2)[nH]c(C2CC3CCC2C3)n1. The fourth-order valence-electron chi connectivity index (χ4n) is 4.00. The van der Waals surface area contributed by atoms with Gasteiger partial charge in [0.2, 0.25) is 0 Å². The molecule has 1 N–H and O–H groups in total. The molecule has 4 rings (SSSR count). The molecule has 2 saturated carbocycles. The molecule has 0 aliphatic heterocycles. The first-order valence-corrected chi connectivity index (χ1v) is 7.87. The second-order valence-electron chi connectivity index (χ2n) is 6.17. The van der Waals surface area contributed by atoms with Crippen molar-refractivity contribution in [3.63, 3.8) is 0 Å². The lowest BCUT2D eigenvalue weighted by Crippen LogP contribution is -2.12. The first-order valence-electron chi connectivity index (χ1n) is 7.46. The highest BCUT2D eigenvalue weighted by atomic mass is 32.1. The number of aromatic nitrogens is 2. The molecule has 0 saturated heterocycles. The van der Waals surface area contributed by atoms with Gasteiger partial charge in [-0.1, -0.05) is 49.0 Å². The van der Waals surface area contributed by atoms with E-state index in [4.69, 9.17) is 12.2 Å². The van der Waals surface area contributed by atoms with E-state index in [-0.39, 0.29) is 0 Å². The highest BCUT2D eigenvalue weighted by molar-refractivity contribution is 7.71. The number of H-pyrrole nitrogens is 1. The third-order valence-electron chi connectivity index (χ3n) is 4.94. The van der Waals surface area contributed by atoms with Crippen LogP contribution >= 0.6 is 12.2 Å². The molecule has 2 aromatic rings. The Morgan fingerprint density at radius 2 is 1.95 bits per heavy atom. The van der Waals surface area contributed by atoms with Crippen molar-refractivity contribution in [2.75, 3.05) is 0 Å². The van der Waals surface area contributed by atoms with Crippen LogP contribution in [0.4, 0.5) is 0 Å². The van der Waals surface area contributed by atoms with E-state index in [0.717, 1.165) is 23.4 Å². The molecular formula is C17H18N2S. The van der Waals surface area contributed by atoms with Gasteiger partial charge in [-0.2, -0.15) is 0 Å². The highest BCUT2D eigenvalue weighted by Gasteiger charge is 2.41. The maximum Gasteiger partial charge on any atom is 0.130 e. The lowest BCUT2D eigenvalue weighted by Gasteiger charge is -2.21. The van der Waals surface area contributed by atoms with Crippen LogP contribution in [0.15, 0.2) is 36.4 Å². The molecule has 2 aliphatic carbocycles. The van der Waals surface area contributed by atoms with Gasteiger partial charge in [0.15, 0.2) is 0 Å². The number of hydrogen-bond acceptors (Lipinski definition) is 2. The van der Waals surface area contributed by atoms with Crippen LogP contribution < -0.4 is 0 Å². The van der Waals surface area contributed by atoms with Gasteiger partial charge in [-0.15, -0.1) is 0 Å². The number of fused-ring (bicyclic) bond motifs is 2. The monoisotopic (exact) mass is 282 g/mol. The summed E-state index contributed by atoms with van der Waals surface area (Å²) in [7, 11) is 0. The van der Waals surface area contributed by atoms with Crippen LogP contribution in [-0.2, 0) is 0 Å². The van der Waals surface area contributed by atoms with Gasteiger partial charge in [-0.25, -0.2) is 4.98 Å². The molecule has 0 spiro atoms. The third-order valence-corrected chi connectivity index (χ3v) is 5.14. The Morgan fingerprint density at radius 1 is 1.10 bits per heavy atom. The van der Waals surface area contributed by atoms with E-state index in [1.165, 1.54) is 31.2 Å². The first-order chi connectivity index (χ1) is 9.79. The Kier molecular flexibility index (Phi) is 2.95. The molecule has 102 valence electrons. The zero-order valence-corrected chi connectivity index (χ0v) is 12.2. The Hall–Kier alpha value is -1.48. The summed E-state index contributed by atoms with van der Waals surface area (Å²) in [6.45, 7) is 0. The Labute approximate surface area is 124 Å². The fraction of sp³-hybridized carbons (Fsp3) is 0.412. The van der Waals surface area contributed by atoms with Crippen LogP contribution in [0.2, 0.25) is 0 Å². The van der Waals surface area contributed by atoms with Crippen molar-refractivity contribution in [3.05, 3.63) is 46.9 Å². The molecule has 1 aromatic heterocycles. The number of rotatable bonds is 2. The second kappa shape index (κ2) is 4.81. The van der Waals surface area contributed by atoms with Crippen molar-refractivity contribution in [2.45, 2.75) is 31.6 Å². The minimum Gasteiger partial charge on any atom is -0.343 e. The third kappa shape index (κ3) is 2.10. The summed E-state index contributed by atoms with van der Waals surface area (Å²) < 4.78 is 0.709. The van der Waals surface area contributed by atoms with Gasteiger partial charge in [-0.3, -0.25) is 0 Å². The first kappa shape index (κ1) is 12.3. The maximum atomic E-state index is 5.38. The molecule has 2 nitrogen and oxygen atoms in total. The van der Waals surface area contributed by atoms with Crippen molar-refractivity contribution >= 4 is 12.2 Å². The molecule has 2 fully saturated rings. The molecule has 3 atom stereocenters. The molecule has 1 heterocycles. The minimum atomic E-state index is 0.596. The smallest absolute Gasteiger partial charge is 0.130 e. The maximum absolute atomic E-state index is 5.38. The highest BCUT2D eigenvalue weighted by Crippen LogP contribution is 2.52. The summed E-state index contributed by atoms with van der Waals surface area (Å²) in [5.41, 5.74) is 2.29. The average Bonchev–Trinajstić information content (AvgIpc) is 3.10. The summed E-state index contributed by atoms with van der Waals surface area (Å²) in [5, 5.41) is 0. The number of nitrogens with zero attached hydrogens (tertiary/aromatic N) is 1. The van der Waals surface area contributed by atoms with Crippen molar-refractivity contribution in [1.29, 1.82) is 0 Å². The lowest BCUT2D eigenvalue weighted by molar-refractivity contribution is 0.405. The number of hydrogen-bond donors (Lipinski definition) is 1. The zero-order valence-electron chi connectivity index (χ0n) is 11.4. The summed E-state index contributed by atoms with van der Waals surface area (Å²) >= 11 is 5.38. The van der Waals surface area contributed by atoms with E-state index in [0.29, 0.717) is 10.6 Å². The van der Waals surface area contributed by atoms with Crippen LogP contribution in [0.5, 0.6) is 0 Å². The normalized spacial score (nSPS) is 27.9. The largest absolute Gasteiger partial charge is 0.343 e. The number of nitrogens with one attached hydrogen (secondary N) is 1. The number of aromatic amines is 1. The van der Waals surface area contributed by atoms with E-state index in [1.807, 2.05) is 12.1 Å². The standard InChI is InChI=1S/C17H18N2S/c20-16-10-15(12-4-2-1-3-5-12)18-17(19-16)14-9-11-6-7-13(14)8-11/h1-5,10-11,13-14H,6-9H2,(H,18,19,20). The van der Waals surface area contributed by atoms with Gasteiger partial charge < -0.3 is 4.98 Å². The molecular weight excluding hydrogens is 264 g/mol. The van der Waals surface area contributed by atoms with Crippen molar-refractivity contribution in [2.24, 2.45) is 11.8 Å². The molecule has 3 unspecified atom stereocenters.